The van der Waals surface area contributed by atoms with Gasteiger partial charge in [-0.3, -0.25) is 9.59 Å². The molecule has 2 aromatic carbocycles. The fourth-order valence-corrected chi connectivity index (χ4v) is 4.22. The highest BCUT2D eigenvalue weighted by Crippen LogP contribution is 2.39. The van der Waals surface area contributed by atoms with E-state index in [1.54, 1.807) is 24.3 Å². The molecular weight excluding hydrogens is 383 g/mol. The molecule has 2 aliphatic rings. The van der Waals surface area contributed by atoms with E-state index < -0.39 is 0 Å². The number of para-hydroxylation sites is 1. The molecule has 4 rings (SSSR count). The molecule has 0 spiro atoms. The van der Waals surface area contributed by atoms with Gasteiger partial charge < -0.3 is 4.90 Å². The number of aryl methyl sites for hydroxylation is 1. The fraction of sp³-hybridized carbons (Fsp3) is 0.238. The molecule has 0 aromatic heterocycles. The number of hydrogen-bond acceptors (Lipinski definition) is 3. The number of rotatable bonds is 3. The van der Waals surface area contributed by atoms with E-state index >= 15 is 0 Å². The summed E-state index contributed by atoms with van der Waals surface area (Å²) in [6.45, 7) is 3.40. The van der Waals surface area contributed by atoms with Crippen molar-refractivity contribution in [3.05, 3.63) is 69.3 Å². The quantitative estimate of drug-likeness (QED) is 0.702. The van der Waals surface area contributed by atoms with Crippen LogP contribution < -0.4 is 4.90 Å². The van der Waals surface area contributed by atoms with Crippen LogP contribution in [0.15, 0.2) is 48.2 Å². The van der Waals surface area contributed by atoms with Gasteiger partial charge in [-0.15, -0.1) is 0 Å². The standard InChI is InChI=1S/C21H18Cl2N2O2/c1-13-6-2-3-7-17(13)25-20(26)18(15-9-8-14(22)12-16(15)23)19(21(25)27)24-10-4-5-11-24/h2-3,6-9,12H,4-5,10-11H2,1H3. The van der Waals surface area contributed by atoms with Crippen molar-refractivity contribution in [3.8, 4) is 0 Å². The van der Waals surface area contributed by atoms with Crippen molar-refractivity contribution in [1.29, 1.82) is 0 Å². The summed E-state index contributed by atoms with van der Waals surface area (Å²) >= 11 is 12.4. The second-order valence-electron chi connectivity index (χ2n) is 6.77. The third-order valence-corrected chi connectivity index (χ3v) is 5.59. The molecular formula is C21H18Cl2N2O2. The van der Waals surface area contributed by atoms with E-state index in [4.69, 9.17) is 23.2 Å². The Kier molecular flexibility index (Phi) is 4.70. The van der Waals surface area contributed by atoms with Gasteiger partial charge in [-0.2, -0.15) is 0 Å². The van der Waals surface area contributed by atoms with E-state index in [1.165, 1.54) is 4.90 Å². The normalized spacial score (nSPS) is 17.4. The molecule has 4 nitrogen and oxygen atoms in total. The number of benzene rings is 2. The highest BCUT2D eigenvalue weighted by molar-refractivity contribution is 6.47. The predicted molar refractivity (Wildman–Crippen MR) is 108 cm³/mol. The third-order valence-electron chi connectivity index (χ3n) is 5.04. The van der Waals surface area contributed by atoms with Crippen molar-refractivity contribution >= 4 is 46.3 Å². The van der Waals surface area contributed by atoms with Gasteiger partial charge in [-0.25, -0.2) is 4.90 Å². The van der Waals surface area contributed by atoms with Crippen LogP contribution in [0.4, 0.5) is 5.69 Å². The third kappa shape index (κ3) is 3.03. The van der Waals surface area contributed by atoms with E-state index in [1.807, 2.05) is 30.0 Å². The summed E-state index contributed by atoms with van der Waals surface area (Å²) < 4.78 is 0. The van der Waals surface area contributed by atoms with E-state index in [2.05, 4.69) is 0 Å². The maximum absolute atomic E-state index is 13.4. The lowest BCUT2D eigenvalue weighted by molar-refractivity contribution is -0.120. The number of carbonyl (C=O) groups excluding carboxylic acids is 2. The molecule has 0 unspecified atom stereocenters. The van der Waals surface area contributed by atoms with Crippen molar-refractivity contribution in [2.24, 2.45) is 0 Å². The molecule has 2 amide bonds. The second kappa shape index (κ2) is 7.02. The monoisotopic (exact) mass is 400 g/mol. The van der Waals surface area contributed by atoms with Crippen molar-refractivity contribution in [2.45, 2.75) is 19.8 Å². The average molecular weight is 401 g/mol. The maximum atomic E-state index is 13.4. The summed E-state index contributed by atoms with van der Waals surface area (Å²) in [6, 6.07) is 12.4. The Hall–Kier alpha value is -2.30. The number of anilines is 1. The van der Waals surface area contributed by atoms with Crippen LogP contribution in [0, 0.1) is 6.92 Å². The Morgan fingerprint density at radius 3 is 2.30 bits per heavy atom. The van der Waals surface area contributed by atoms with Gasteiger partial charge in [0.25, 0.3) is 11.8 Å². The van der Waals surface area contributed by atoms with Crippen LogP contribution in [-0.2, 0) is 9.59 Å². The highest BCUT2D eigenvalue weighted by atomic mass is 35.5. The predicted octanol–water partition coefficient (Wildman–Crippen LogP) is 4.68. The summed E-state index contributed by atoms with van der Waals surface area (Å²) in [5.41, 5.74) is 2.79. The Morgan fingerprint density at radius 1 is 0.926 bits per heavy atom. The molecule has 0 atom stereocenters. The van der Waals surface area contributed by atoms with E-state index in [0.717, 1.165) is 31.5 Å². The number of halogens is 2. The Bertz CT molecular complexity index is 978. The van der Waals surface area contributed by atoms with Crippen LogP contribution in [0.1, 0.15) is 24.0 Å². The smallest absolute Gasteiger partial charge is 0.282 e. The van der Waals surface area contributed by atoms with Gasteiger partial charge in [-0.1, -0.05) is 47.5 Å². The highest BCUT2D eigenvalue weighted by Gasteiger charge is 2.43. The fourth-order valence-electron chi connectivity index (χ4n) is 3.72. The SMILES string of the molecule is Cc1ccccc1N1C(=O)C(c2ccc(Cl)cc2Cl)=C(N2CCCC2)C1=O. The van der Waals surface area contributed by atoms with Crippen LogP contribution in [0.5, 0.6) is 0 Å². The molecule has 2 aliphatic heterocycles. The van der Waals surface area contributed by atoms with Gasteiger partial charge in [-0.05, 0) is 43.5 Å². The zero-order chi connectivity index (χ0) is 19.1. The number of carbonyl (C=O) groups is 2. The lowest BCUT2D eigenvalue weighted by Gasteiger charge is -2.21. The van der Waals surface area contributed by atoms with E-state index in [-0.39, 0.29) is 11.8 Å². The molecule has 0 aliphatic carbocycles. The van der Waals surface area contributed by atoms with Crippen LogP contribution >= 0.6 is 23.2 Å². The number of imide groups is 1. The molecule has 2 heterocycles. The van der Waals surface area contributed by atoms with Gasteiger partial charge in [0.05, 0.1) is 16.3 Å². The molecule has 0 bridgehead atoms. The minimum absolute atomic E-state index is 0.294. The Morgan fingerprint density at radius 2 is 1.63 bits per heavy atom. The molecule has 1 saturated heterocycles. The molecule has 6 heteroatoms. The first kappa shape index (κ1) is 18.1. The Labute approximate surface area is 168 Å². The zero-order valence-electron chi connectivity index (χ0n) is 14.8. The average Bonchev–Trinajstić information content (AvgIpc) is 3.23. The van der Waals surface area contributed by atoms with Gasteiger partial charge in [0.1, 0.15) is 5.70 Å². The van der Waals surface area contributed by atoms with Crippen molar-refractivity contribution < 1.29 is 9.59 Å². The minimum atomic E-state index is -0.347. The van der Waals surface area contributed by atoms with Crippen molar-refractivity contribution in [1.82, 2.24) is 4.90 Å². The molecule has 138 valence electrons. The first-order valence-corrected chi connectivity index (χ1v) is 9.63. The van der Waals surface area contributed by atoms with Crippen LogP contribution in [0.3, 0.4) is 0 Å². The number of likely N-dealkylation sites (tertiary alicyclic amines) is 1. The lowest BCUT2D eigenvalue weighted by Crippen LogP contribution is -2.35. The molecule has 27 heavy (non-hydrogen) atoms. The van der Waals surface area contributed by atoms with E-state index in [9.17, 15) is 9.59 Å². The second-order valence-corrected chi connectivity index (χ2v) is 7.62. The topological polar surface area (TPSA) is 40.6 Å². The maximum Gasteiger partial charge on any atom is 0.282 e. The zero-order valence-corrected chi connectivity index (χ0v) is 16.3. The van der Waals surface area contributed by atoms with Crippen LogP contribution in [-0.4, -0.2) is 29.8 Å². The first-order chi connectivity index (χ1) is 13.0. The summed E-state index contributed by atoms with van der Waals surface area (Å²) in [6.07, 6.45) is 1.99. The largest absolute Gasteiger partial charge is 0.366 e. The number of nitrogens with zero attached hydrogens (tertiary/aromatic N) is 2. The first-order valence-electron chi connectivity index (χ1n) is 8.88. The van der Waals surface area contributed by atoms with Gasteiger partial charge in [0.15, 0.2) is 0 Å². The van der Waals surface area contributed by atoms with Gasteiger partial charge >= 0.3 is 0 Å². The Balaban J connectivity index is 1.89. The summed E-state index contributed by atoms with van der Waals surface area (Å²) in [5, 5.41) is 0.849. The number of amides is 2. The molecule has 0 radical (unpaired) electrons. The van der Waals surface area contributed by atoms with Crippen LogP contribution in [0.2, 0.25) is 10.0 Å². The van der Waals surface area contributed by atoms with E-state index in [0.29, 0.717) is 32.6 Å². The molecule has 0 saturated carbocycles. The van der Waals surface area contributed by atoms with Gasteiger partial charge in [0.2, 0.25) is 0 Å². The van der Waals surface area contributed by atoms with Crippen LogP contribution in [0.25, 0.3) is 5.57 Å². The summed E-state index contributed by atoms with van der Waals surface area (Å²) in [4.78, 5) is 30.0. The van der Waals surface area contributed by atoms with Crippen molar-refractivity contribution in [3.63, 3.8) is 0 Å². The van der Waals surface area contributed by atoms with Crippen molar-refractivity contribution in [2.75, 3.05) is 18.0 Å². The summed E-state index contributed by atoms with van der Waals surface area (Å²) in [5.74, 6) is -0.641. The summed E-state index contributed by atoms with van der Waals surface area (Å²) in [7, 11) is 0. The van der Waals surface area contributed by atoms with Gasteiger partial charge in [0, 0.05) is 23.7 Å². The molecule has 0 N–H and O–H groups in total. The molecule has 1 fully saturated rings. The number of hydrogen-bond donors (Lipinski definition) is 0. The molecule has 2 aromatic rings. The minimum Gasteiger partial charge on any atom is -0.366 e. The lowest BCUT2D eigenvalue weighted by atomic mass is 10.0.